The summed E-state index contributed by atoms with van der Waals surface area (Å²) in [5, 5.41) is 30.3. The van der Waals surface area contributed by atoms with Crippen LogP contribution in [0.15, 0.2) is 36.4 Å². The molecule has 0 amide bonds. The second-order valence-electron chi connectivity index (χ2n) is 4.02. The summed E-state index contributed by atoms with van der Waals surface area (Å²) in [6.45, 7) is 0. The van der Waals surface area contributed by atoms with E-state index in [1.165, 1.54) is 24.3 Å². The van der Waals surface area contributed by atoms with Gasteiger partial charge in [-0.1, -0.05) is 11.6 Å². The van der Waals surface area contributed by atoms with Crippen LogP contribution < -0.4 is 4.74 Å². The molecule has 2 aromatic carbocycles. The van der Waals surface area contributed by atoms with Crippen LogP contribution in [-0.4, -0.2) is 9.85 Å². The number of benzene rings is 2. The third-order valence-corrected chi connectivity index (χ3v) is 2.94. The molecular formula is C13H6ClN3O5. The predicted molar refractivity (Wildman–Crippen MR) is 76.0 cm³/mol. The molecule has 9 heteroatoms. The van der Waals surface area contributed by atoms with Crippen LogP contribution >= 0.6 is 11.6 Å². The first-order valence-electron chi connectivity index (χ1n) is 5.72. The van der Waals surface area contributed by atoms with Crippen molar-refractivity contribution >= 4 is 23.0 Å². The summed E-state index contributed by atoms with van der Waals surface area (Å²) in [4.78, 5) is 20.0. The minimum atomic E-state index is -0.635. The van der Waals surface area contributed by atoms with Gasteiger partial charge in [0, 0.05) is 24.3 Å². The standard InChI is InChI=1S/C13H6ClN3O5/c14-11-6-10(17(20)21)2-4-13(11)22-12-3-1-9(16(18)19)5-8(12)7-15/h1-6H. The molecule has 0 atom stereocenters. The van der Waals surface area contributed by atoms with Gasteiger partial charge in [-0.3, -0.25) is 20.2 Å². The van der Waals surface area contributed by atoms with E-state index >= 15 is 0 Å². The van der Waals surface area contributed by atoms with Crippen LogP contribution in [0.5, 0.6) is 11.5 Å². The number of halogens is 1. The molecule has 0 aliphatic heterocycles. The van der Waals surface area contributed by atoms with E-state index in [0.29, 0.717) is 0 Å². The molecule has 8 nitrogen and oxygen atoms in total. The van der Waals surface area contributed by atoms with Crippen molar-refractivity contribution in [2.24, 2.45) is 0 Å². The van der Waals surface area contributed by atoms with Gasteiger partial charge >= 0.3 is 0 Å². The number of non-ortho nitro benzene ring substituents is 2. The molecule has 110 valence electrons. The van der Waals surface area contributed by atoms with Crippen molar-refractivity contribution in [1.82, 2.24) is 0 Å². The van der Waals surface area contributed by atoms with Crippen LogP contribution in [-0.2, 0) is 0 Å². The Morgan fingerprint density at radius 3 is 2.05 bits per heavy atom. The quantitative estimate of drug-likeness (QED) is 0.624. The molecule has 22 heavy (non-hydrogen) atoms. The zero-order valence-electron chi connectivity index (χ0n) is 10.7. The Labute approximate surface area is 128 Å². The predicted octanol–water partition coefficient (Wildman–Crippen LogP) is 3.82. The molecular weight excluding hydrogens is 314 g/mol. The van der Waals surface area contributed by atoms with Crippen LogP contribution in [0, 0.1) is 31.6 Å². The number of nitrogens with zero attached hydrogens (tertiary/aromatic N) is 3. The lowest BCUT2D eigenvalue weighted by molar-refractivity contribution is -0.385. The highest BCUT2D eigenvalue weighted by atomic mass is 35.5. The van der Waals surface area contributed by atoms with E-state index in [9.17, 15) is 20.2 Å². The van der Waals surface area contributed by atoms with Crippen molar-refractivity contribution in [3.63, 3.8) is 0 Å². The lowest BCUT2D eigenvalue weighted by Gasteiger charge is -2.08. The van der Waals surface area contributed by atoms with Gasteiger partial charge in [-0.25, -0.2) is 0 Å². The maximum atomic E-state index is 10.7. The Balaban J connectivity index is 2.37. The third kappa shape index (κ3) is 3.11. The van der Waals surface area contributed by atoms with Gasteiger partial charge in [0.2, 0.25) is 0 Å². The van der Waals surface area contributed by atoms with Crippen LogP contribution in [0.3, 0.4) is 0 Å². The molecule has 0 unspecified atom stereocenters. The fraction of sp³-hybridized carbons (Fsp3) is 0. The number of hydrogen-bond donors (Lipinski definition) is 0. The Morgan fingerprint density at radius 1 is 1.00 bits per heavy atom. The maximum Gasteiger partial charge on any atom is 0.271 e. The van der Waals surface area contributed by atoms with Crippen LogP contribution in [0.4, 0.5) is 11.4 Å². The lowest BCUT2D eigenvalue weighted by atomic mass is 10.2. The van der Waals surface area contributed by atoms with E-state index in [0.717, 1.165) is 12.1 Å². The van der Waals surface area contributed by atoms with Gasteiger partial charge < -0.3 is 4.74 Å². The zero-order chi connectivity index (χ0) is 16.3. The average Bonchev–Trinajstić information content (AvgIpc) is 2.49. The monoisotopic (exact) mass is 319 g/mol. The van der Waals surface area contributed by atoms with Crippen molar-refractivity contribution in [2.75, 3.05) is 0 Å². The van der Waals surface area contributed by atoms with Gasteiger partial charge in [-0.2, -0.15) is 5.26 Å². The number of ether oxygens (including phenoxy) is 1. The third-order valence-electron chi connectivity index (χ3n) is 2.64. The van der Waals surface area contributed by atoms with Gasteiger partial charge in [0.15, 0.2) is 0 Å². The van der Waals surface area contributed by atoms with E-state index in [2.05, 4.69) is 0 Å². The Hall–Kier alpha value is -3.18. The minimum Gasteiger partial charge on any atom is -0.454 e. The molecule has 0 aliphatic rings. The zero-order valence-corrected chi connectivity index (χ0v) is 11.5. The molecule has 0 N–H and O–H groups in total. The van der Waals surface area contributed by atoms with Crippen LogP contribution in [0.25, 0.3) is 0 Å². The van der Waals surface area contributed by atoms with Gasteiger partial charge in [0.1, 0.15) is 23.1 Å². The fourth-order valence-corrected chi connectivity index (χ4v) is 1.83. The largest absolute Gasteiger partial charge is 0.454 e. The first-order valence-corrected chi connectivity index (χ1v) is 6.10. The van der Waals surface area contributed by atoms with Crippen molar-refractivity contribution in [3.05, 3.63) is 67.2 Å². The molecule has 0 saturated carbocycles. The SMILES string of the molecule is N#Cc1cc([N+](=O)[O-])ccc1Oc1ccc([N+](=O)[O-])cc1Cl. The highest BCUT2D eigenvalue weighted by Gasteiger charge is 2.15. The van der Waals surface area contributed by atoms with Crippen molar-refractivity contribution in [3.8, 4) is 17.6 Å². The number of nitro benzene ring substituents is 2. The van der Waals surface area contributed by atoms with E-state index in [-0.39, 0.29) is 33.5 Å². The van der Waals surface area contributed by atoms with E-state index < -0.39 is 9.85 Å². The van der Waals surface area contributed by atoms with Gasteiger partial charge in [-0.15, -0.1) is 0 Å². The number of hydrogen-bond acceptors (Lipinski definition) is 6. The molecule has 0 aromatic heterocycles. The van der Waals surface area contributed by atoms with Crippen molar-refractivity contribution in [1.29, 1.82) is 5.26 Å². The number of rotatable bonds is 4. The highest BCUT2D eigenvalue weighted by molar-refractivity contribution is 6.32. The molecule has 0 bridgehead atoms. The van der Waals surface area contributed by atoms with E-state index in [1.54, 1.807) is 6.07 Å². The second kappa shape index (κ2) is 6.07. The first-order chi connectivity index (χ1) is 10.4. The lowest BCUT2D eigenvalue weighted by Crippen LogP contribution is -1.94. The number of nitriles is 1. The molecule has 2 aromatic rings. The summed E-state index contributed by atoms with van der Waals surface area (Å²) in [6.07, 6.45) is 0. The molecule has 0 aliphatic carbocycles. The van der Waals surface area contributed by atoms with Gasteiger partial charge in [-0.05, 0) is 12.1 Å². The van der Waals surface area contributed by atoms with Gasteiger partial charge in [0.25, 0.3) is 11.4 Å². The Kier molecular flexibility index (Phi) is 4.20. The maximum absolute atomic E-state index is 10.7. The summed E-state index contributed by atoms with van der Waals surface area (Å²) in [5.74, 6) is 0.154. The average molecular weight is 320 g/mol. The molecule has 2 rings (SSSR count). The Morgan fingerprint density at radius 2 is 1.55 bits per heavy atom. The smallest absolute Gasteiger partial charge is 0.271 e. The summed E-state index contributed by atoms with van der Waals surface area (Å²) in [6, 6.07) is 8.86. The normalized spacial score (nSPS) is 9.82. The molecule has 0 fully saturated rings. The molecule has 0 saturated heterocycles. The van der Waals surface area contributed by atoms with Crippen LogP contribution in [0.2, 0.25) is 5.02 Å². The first kappa shape index (κ1) is 15.2. The fourth-order valence-electron chi connectivity index (χ4n) is 1.61. The molecule has 0 spiro atoms. The van der Waals surface area contributed by atoms with Crippen molar-refractivity contribution in [2.45, 2.75) is 0 Å². The van der Waals surface area contributed by atoms with E-state index in [4.69, 9.17) is 21.6 Å². The summed E-state index contributed by atoms with van der Waals surface area (Å²) < 4.78 is 5.40. The number of nitro groups is 2. The van der Waals surface area contributed by atoms with Gasteiger partial charge in [0.05, 0.1) is 14.9 Å². The molecule has 0 radical (unpaired) electrons. The Bertz CT molecular complexity index is 816. The minimum absolute atomic E-state index is 0.0172. The van der Waals surface area contributed by atoms with Crippen molar-refractivity contribution < 1.29 is 14.6 Å². The second-order valence-corrected chi connectivity index (χ2v) is 4.43. The summed E-state index contributed by atoms with van der Waals surface area (Å²) >= 11 is 5.88. The van der Waals surface area contributed by atoms with Crippen LogP contribution in [0.1, 0.15) is 5.56 Å². The highest BCUT2D eigenvalue weighted by Crippen LogP contribution is 2.34. The van der Waals surface area contributed by atoms with E-state index in [1.807, 2.05) is 0 Å². The summed E-state index contributed by atoms with van der Waals surface area (Å²) in [7, 11) is 0. The summed E-state index contributed by atoms with van der Waals surface area (Å²) in [5.41, 5.74) is -0.510. The topological polar surface area (TPSA) is 119 Å². The molecule has 0 heterocycles.